The predicted molar refractivity (Wildman–Crippen MR) is 60.6 cm³/mol. The van der Waals surface area contributed by atoms with E-state index in [0.717, 1.165) is 11.3 Å². The van der Waals surface area contributed by atoms with Crippen LogP contribution in [0.15, 0.2) is 24.3 Å². The second kappa shape index (κ2) is 4.44. The van der Waals surface area contributed by atoms with Crippen LogP contribution in [-0.4, -0.2) is 32.6 Å². The van der Waals surface area contributed by atoms with Crippen molar-refractivity contribution in [1.82, 2.24) is 25.9 Å². The number of amides is 1. The molecule has 18 heavy (non-hydrogen) atoms. The Morgan fingerprint density at radius 3 is 3.17 bits per heavy atom. The molecule has 0 saturated heterocycles. The summed E-state index contributed by atoms with van der Waals surface area (Å²) < 4.78 is 5.56. The second-order valence-electron chi connectivity index (χ2n) is 3.96. The van der Waals surface area contributed by atoms with E-state index in [1.54, 1.807) is 0 Å². The molecule has 7 heteroatoms. The Morgan fingerprint density at radius 1 is 1.50 bits per heavy atom. The minimum Gasteiger partial charge on any atom is -0.480 e. The Hall–Kier alpha value is -2.44. The molecule has 2 heterocycles. The number of nitrogens with one attached hydrogen (secondary N) is 2. The number of H-pyrrole nitrogens is 1. The second-order valence-corrected chi connectivity index (χ2v) is 3.96. The zero-order valence-electron chi connectivity index (χ0n) is 9.46. The van der Waals surface area contributed by atoms with Crippen LogP contribution < -0.4 is 10.1 Å². The van der Waals surface area contributed by atoms with E-state index in [-0.39, 0.29) is 12.5 Å². The van der Waals surface area contributed by atoms with Crippen LogP contribution in [0.25, 0.3) is 0 Å². The van der Waals surface area contributed by atoms with E-state index in [1.165, 1.54) is 0 Å². The molecule has 7 nitrogen and oxygen atoms in total. The minimum absolute atomic E-state index is 0.170. The highest BCUT2D eigenvalue weighted by Crippen LogP contribution is 2.28. The van der Waals surface area contributed by atoms with Gasteiger partial charge in [0.05, 0.1) is 6.54 Å². The van der Waals surface area contributed by atoms with Gasteiger partial charge in [0.15, 0.2) is 11.9 Å². The van der Waals surface area contributed by atoms with E-state index in [1.807, 2.05) is 24.3 Å². The maximum absolute atomic E-state index is 11.9. The quantitative estimate of drug-likeness (QED) is 0.782. The van der Waals surface area contributed by atoms with Crippen molar-refractivity contribution in [2.45, 2.75) is 19.1 Å². The fourth-order valence-electron chi connectivity index (χ4n) is 1.87. The summed E-state index contributed by atoms with van der Waals surface area (Å²) in [5.74, 6) is 1.05. The van der Waals surface area contributed by atoms with E-state index in [9.17, 15) is 4.79 Å². The van der Waals surface area contributed by atoms with E-state index >= 15 is 0 Å². The van der Waals surface area contributed by atoms with Crippen molar-refractivity contribution >= 4 is 5.91 Å². The normalized spacial score (nSPS) is 17.0. The lowest BCUT2D eigenvalue weighted by Crippen LogP contribution is -2.37. The molecule has 1 unspecified atom stereocenters. The van der Waals surface area contributed by atoms with Crippen molar-refractivity contribution < 1.29 is 9.53 Å². The first-order valence-corrected chi connectivity index (χ1v) is 5.57. The molecule has 1 aromatic carbocycles. The maximum atomic E-state index is 11.9. The van der Waals surface area contributed by atoms with Gasteiger partial charge in [0.25, 0.3) is 5.91 Å². The molecule has 0 saturated carbocycles. The molecule has 3 rings (SSSR count). The molecular weight excluding hydrogens is 234 g/mol. The van der Waals surface area contributed by atoms with Crippen molar-refractivity contribution in [2.75, 3.05) is 0 Å². The molecular formula is C11H11N5O2. The van der Waals surface area contributed by atoms with Crippen LogP contribution in [0.3, 0.4) is 0 Å². The molecule has 0 bridgehead atoms. The van der Waals surface area contributed by atoms with Crippen molar-refractivity contribution in [3.8, 4) is 5.75 Å². The van der Waals surface area contributed by atoms with E-state index < -0.39 is 6.10 Å². The number of tetrazole rings is 1. The first-order valence-electron chi connectivity index (χ1n) is 5.57. The molecule has 1 aliphatic rings. The van der Waals surface area contributed by atoms with Gasteiger partial charge in [-0.25, -0.2) is 0 Å². The van der Waals surface area contributed by atoms with Crippen molar-refractivity contribution in [1.29, 1.82) is 0 Å². The smallest absolute Gasteiger partial charge is 0.261 e. The highest BCUT2D eigenvalue weighted by molar-refractivity contribution is 5.82. The number of rotatable bonds is 3. The third-order valence-corrected chi connectivity index (χ3v) is 2.75. The average molecular weight is 245 g/mol. The predicted octanol–water partition coefficient (Wildman–Crippen LogP) is -0.180. The van der Waals surface area contributed by atoms with Gasteiger partial charge >= 0.3 is 0 Å². The summed E-state index contributed by atoms with van der Waals surface area (Å²) in [5.41, 5.74) is 1.05. The summed E-state index contributed by atoms with van der Waals surface area (Å²) in [6.07, 6.45) is 0.114. The van der Waals surface area contributed by atoms with Crippen molar-refractivity contribution in [3.05, 3.63) is 35.7 Å². The van der Waals surface area contributed by atoms with Gasteiger partial charge in [-0.2, -0.15) is 5.21 Å². The number of fused-ring (bicyclic) bond motifs is 1. The van der Waals surface area contributed by atoms with Gasteiger partial charge in [-0.3, -0.25) is 4.79 Å². The summed E-state index contributed by atoms with van der Waals surface area (Å²) in [4.78, 5) is 11.9. The highest BCUT2D eigenvalue weighted by Gasteiger charge is 2.28. The molecule has 0 fully saturated rings. The number of aromatic nitrogens is 4. The summed E-state index contributed by atoms with van der Waals surface area (Å²) in [6, 6.07) is 7.64. The maximum Gasteiger partial charge on any atom is 0.261 e. The molecule has 92 valence electrons. The van der Waals surface area contributed by atoms with E-state index in [2.05, 4.69) is 25.9 Å². The largest absolute Gasteiger partial charge is 0.480 e. The Kier molecular flexibility index (Phi) is 2.64. The number of hydrogen-bond donors (Lipinski definition) is 2. The van der Waals surface area contributed by atoms with Gasteiger partial charge in [0, 0.05) is 6.42 Å². The zero-order chi connectivity index (χ0) is 12.4. The lowest BCUT2D eigenvalue weighted by atomic mass is 10.1. The molecule has 0 radical (unpaired) electrons. The Labute approximate surface area is 103 Å². The number of carbonyl (C=O) groups is 1. The number of para-hydroxylation sites is 1. The lowest BCUT2D eigenvalue weighted by Gasteiger charge is -2.09. The van der Waals surface area contributed by atoms with Crippen LogP contribution >= 0.6 is 0 Å². The van der Waals surface area contributed by atoms with Crippen molar-refractivity contribution in [2.24, 2.45) is 0 Å². The van der Waals surface area contributed by atoms with E-state index in [0.29, 0.717) is 12.2 Å². The average Bonchev–Trinajstić information content (AvgIpc) is 3.04. The number of aromatic amines is 1. The van der Waals surface area contributed by atoms with Gasteiger partial charge in [-0.1, -0.05) is 23.4 Å². The number of ether oxygens (including phenoxy) is 1. The molecule has 1 aromatic heterocycles. The molecule has 1 atom stereocenters. The summed E-state index contributed by atoms with van der Waals surface area (Å²) in [6.45, 7) is 0.242. The SMILES string of the molecule is O=C(NCc1nn[nH]n1)C1Cc2ccccc2O1. The van der Waals surface area contributed by atoms with Gasteiger partial charge in [-0.05, 0) is 11.6 Å². The van der Waals surface area contributed by atoms with Crippen LogP contribution in [0.4, 0.5) is 0 Å². The minimum atomic E-state index is -0.477. The third-order valence-electron chi connectivity index (χ3n) is 2.75. The molecule has 0 spiro atoms. The summed E-state index contributed by atoms with van der Waals surface area (Å²) in [5, 5.41) is 16.0. The van der Waals surface area contributed by atoms with Gasteiger partial charge in [0.1, 0.15) is 5.75 Å². The first kappa shape index (κ1) is 10.7. The number of nitrogens with zero attached hydrogens (tertiary/aromatic N) is 3. The fourth-order valence-corrected chi connectivity index (χ4v) is 1.87. The Morgan fingerprint density at radius 2 is 2.39 bits per heavy atom. The fraction of sp³-hybridized carbons (Fsp3) is 0.273. The van der Waals surface area contributed by atoms with Gasteiger partial charge in [-0.15, -0.1) is 10.2 Å². The van der Waals surface area contributed by atoms with Crippen LogP contribution in [0.2, 0.25) is 0 Å². The van der Waals surface area contributed by atoms with Crippen molar-refractivity contribution in [3.63, 3.8) is 0 Å². The Bertz CT molecular complexity index is 529. The summed E-state index contributed by atoms with van der Waals surface area (Å²) in [7, 11) is 0. The molecule has 2 aromatic rings. The topological polar surface area (TPSA) is 92.8 Å². The van der Waals surface area contributed by atoms with Gasteiger partial charge < -0.3 is 10.1 Å². The Balaban J connectivity index is 1.59. The zero-order valence-corrected chi connectivity index (χ0v) is 9.46. The standard InChI is InChI=1S/C11H11N5O2/c17-11(12-6-10-13-15-16-14-10)9-5-7-3-1-2-4-8(7)18-9/h1-4,9H,5-6H2,(H,12,17)(H,13,14,15,16). The molecule has 2 N–H and O–H groups in total. The van der Waals surface area contributed by atoms with Crippen LogP contribution in [0, 0.1) is 0 Å². The van der Waals surface area contributed by atoms with Crippen LogP contribution in [-0.2, 0) is 17.8 Å². The summed E-state index contributed by atoms with van der Waals surface area (Å²) >= 11 is 0. The van der Waals surface area contributed by atoms with Crippen LogP contribution in [0.1, 0.15) is 11.4 Å². The van der Waals surface area contributed by atoms with Gasteiger partial charge in [0.2, 0.25) is 0 Å². The monoisotopic (exact) mass is 245 g/mol. The third kappa shape index (κ3) is 2.02. The van der Waals surface area contributed by atoms with E-state index in [4.69, 9.17) is 4.74 Å². The number of hydrogen-bond acceptors (Lipinski definition) is 5. The number of carbonyl (C=O) groups excluding carboxylic acids is 1. The van der Waals surface area contributed by atoms with Crippen LogP contribution in [0.5, 0.6) is 5.75 Å². The molecule has 1 aliphatic heterocycles. The lowest BCUT2D eigenvalue weighted by molar-refractivity contribution is -0.127. The molecule has 1 amide bonds. The number of benzene rings is 1. The first-order chi connectivity index (χ1) is 8.83. The molecule has 0 aliphatic carbocycles. The highest BCUT2D eigenvalue weighted by atomic mass is 16.5.